The van der Waals surface area contributed by atoms with E-state index in [1.807, 2.05) is 0 Å². The summed E-state index contributed by atoms with van der Waals surface area (Å²) in [6.45, 7) is -0.215. The molecule has 1 saturated heterocycles. The zero-order valence-electron chi connectivity index (χ0n) is 17.7. The Labute approximate surface area is 205 Å². The Hall–Kier alpha value is -3.18. The highest BCUT2D eigenvalue weighted by atomic mass is 35.5. The first kappa shape index (κ1) is 23.6. The van der Waals surface area contributed by atoms with Gasteiger partial charge in [0.2, 0.25) is 0 Å². The fourth-order valence-corrected chi connectivity index (χ4v) is 5.06. The van der Waals surface area contributed by atoms with Gasteiger partial charge in [0.15, 0.2) is 0 Å². The number of hydrogen-bond donors (Lipinski definition) is 0. The van der Waals surface area contributed by atoms with Gasteiger partial charge in [0.05, 0.1) is 35.3 Å². The summed E-state index contributed by atoms with van der Waals surface area (Å²) in [6, 6.07) is 7.62. The van der Waals surface area contributed by atoms with E-state index in [0.29, 0.717) is 28.2 Å². The van der Waals surface area contributed by atoms with E-state index >= 15 is 0 Å². The molecular weight excluding hydrogens is 508 g/mol. The Bertz CT molecular complexity index is 1420. The molecule has 2 aliphatic heterocycles. The number of fused-ring (bicyclic) bond motifs is 1. The van der Waals surface area contributed by atoms with Crippen LogP contribution in [0.4, 0.5) is 22.4 Å². The van der Waals surface area contributed by atoms with E-state index in [1.165, 1.54) is 35.3 Å². The zero-order chi connectivity index (χ0) is 24.9. The number of imide groups is 1. The van der Waals surface area contributed by atoms with E-state index in [1.54, 1.807) is 18.2 Å². The van der Waals surface area contributed by atoms with Gasteiger partial charge in [0, 0.05) is 16.6 Å². The van der Waals surface area contributed by atoms with Crippen molar-refractivity contribution in [1.29, 1.82) is 0 Å². The number of benzene rings is 2. The minimum Gasteiger partial charge on any atom is -0.292 e. The molecule has 2 atom stereocenters. The molecule has 0 aliphatic carbocycles. The lowest BCUT2D eigenvalue weighted by atomic mass is 10.1. The number of amides is 2. The summed E-state index contributed by atoms with van der Waals surface area (Å²) in [5.74, 6) is -0.598. The summed E-state index contributed by atoms with van der Waals surface area (Å²) in [4.78, 5) is 29.9. The Morgan fingerprint density at radius 2 is 1.97 bits per heavy atom. The highest BCUT2D eigenvalue weighted by Gasteiger charge is 2.43. The van der Waals surface area contributed by atoms with E-state index in [9.17, 15) is 27.2 Å². The molecule has 0 saturated carbocycles. The van der Waals surface area contributed by atoms with Crippen molar-refractivity contribution in [1.82, 2.24) is 14.7 Å². The van der Waals surface area contributed by atoms with E-state index in [0.717, 1.165) is 11.0 Å². The van der Waals surface area contributed by atoms with Crippen LogP contribution in [-0.4, -0.2) is 50.8 Å². The van der Waals surface area contributed by atoms with Gasteiger partial charge in [-0.2, -0.15) is 18.3 Å². The normalized spacial score (nSPS) is 21.7. The largest absolute Gasteiger partial charge is 0.416 e. The third-order valence-electron chi connectivity index (χ3n) is 5.69. The predicted molar refractivity (Wildman–Crippen MR) is 125 cm³/mol. The van der Waals surface area contributed by atoms with Crippen LogP contribution in [0.2, 0.25) is 5.02 Å². The average Bonchev–Trinajstić information content (AvgIpc) is 3.46. The number of aromatic nitrogens is 2. The van der Waals surface area contributed by atoms with Crippen molar-refractivity contribution in [2.75, 3.05) is 6.54 Å². The van der Waals surface area contributed by atoms with Gasteiger partial charge in [-0.05, 0) is 53.2 Å². The first-order chi connectivity index (χ1) is 16.6. The van der Waals surface area contributed by atoms with Crippen LogP contribution in [-0.2, 0) is 17.5 Å². The summed E-state index contributed by atoms with van der Waals surface area (Å²) < 4.78 is 55.8. The summed E-state index contributed by atoms with van der Waals surface area (Å²) in [6.07, 6.45) is -1.70. The maximum Gasteiger partial charge on any atom is 0.416 e. The van der Waals surface area contributed by atoms with Crippen molar-refractivity contribution in [3.05, 3.63) is 69.2 Å². The molecule has 2 amide bonds. The monoisotopic (exact) mass is 522 g/mol. The van der Waals surface area contributed by atoms with Crippen LogP contribution in [0.5, 0.6) is 0 Å². The van der Waals surface area contributed by atoms with Gasteiger partial charge >= 0.3 is 6.18 Å². The molecule has 180 valence electrons. The number of carbonyl (C=O) groups excluding carboxylic acids is 2. The van der Waals surface area contributed by atoms with Crippen molar-refractivity contribution < 1.29 is 27.2 Å². The second-order valence-corrected chi connectivity index (χ2v) is 9.42. The topological polar surface area (TPSA) is 67.6 Å². The molecule has 2 unspecified atom stereocenters. The molecule has 12 heteroatoms. The van der Waals surface area contributed by atoms with Crippen molar-refractivity contribution in [2.45, 2.75) is 24.9 Å². The predicted octanol–water partition coefficient (Wildman–Crippen LogP) is 5.58. The second kappa shape index (κ2) is 8.80. The Morgan fingerprint density at radius 3 is 2.69 bits per heavy atom. The van der Waals surface area contributed by atoms with Gasteiger partial charge in [0.25, 0.3) is 11.1 Å². The van der Waals surface area contributed by atoms with E-state index in [4.69, 9.17) is 11.6 Å². The number of carbonyl (C=O) groups is 2. The number of halogens is 5. The molecule has 2 aliphatic rings. The van der Waals surface area contributed by atoms with Crippen LogP contribution in [0.15, 0.2) is 52.5 Å². The van der Waals surface area contributed by atoms with Gasteiger partial charge in [-0.25, -0.2) is 4.39 Å². The molecule has 1 fully saturated rings. The fourth-order valence-electron chi connectivity index (χ4n) is 4.02. The Balaban J connectivity index is 1.41. The Kier molecular flexibility index (Phi) is 5.92. The van der Waals surface area contributed by atoms with Crippen LogP contribution < -0.4 is 0 Å². The number of alkyl halides is 4. The van der Waals surface area contributed by atoms with Crippen LogP contribution in [0, 0.1) is 0 Å². The molecular formula is C23H15ClF4N4O2S. The molecule has 6 nitrogen and oxygen atoms in total. The van der Waals surface area contributed by atoms with Crippen molar-refractivity contribution >= 4 is 57.7 Å². The van der Waals surface area contributed by atoms with Gasteiger partial charge in [0.1, 0.15) is 12.2 Å². The minimum atomic E-state index is -4.56. The van der Waals surface area contributed by atoms with Gasteiger partial charge < -0.3 is 0 Å². The molecule has 2 aromatic carbocycles. The highest BCUT2D eigenvalue weighted by molar-refractivity contribution is 8.18. The lowest BCUT2D eigenvalue weighted by molar-refractivity contribution is -0.138. The summed E-state index contributed by atoms with van der Waals surface area (Å²) >= 11 is 6.47. The molecule has 0 N–H and O–H groups in total. The van der Waals surface area contributed by atoms with Crippen LogP contribution in [0.25, 0.3) is 17.0 Å². The van der Waals surface area contributed by atoms with Crippen LogP contribution >= 0.6 is 23.4 Å². The maximum atomic E-state index is 14.0. The van der Waals surface area contributed by atoms with Gasteiger partial charge in [-0.15, -0.1) is 0 Å². The Morgan fingerprint density at radius 1 is 1.17 bits per heavy atom. The van der Waals surface area contributed by atoms with Gasteiger partial charge in [-0.3, -0.25) is 24.2 Å². The smallest absolute Gasteiger partial charge is 0.292 e. The van der Waals surface area contributed by atoms with E-state index in [-0.39, 0.29) is 28.6 Å². The number of hydrogen-bond acceptors (Lipinski definition) is 5. The average molecular weight is 523 g/mol. The molecule has 0 bridgehead atoms. The SMILES string of the molecule is O=C1SC(=Cc2ccc3c(cnn3Cc3ccc(Cl)cc3C(F)(F)F)c2)C(=O)N1C1C=NCC1F. The summed E-state index contributed by atoms with van der Waals surface area (Å²) in [7, 11) is 0. The zero-order valence-corrected chi connectivity index (χ0v) is 19.2. The van der Waals surface area contributed by atoms with Crippen molar-refractivity contribution in [3.8, 4) is 0 Å². The molecule has 0 spiro atoms. The standard InChI is InChI=1S/C23H15ClF4N4O2S/c24-15-3-2-13(16(7-15)23(26,27)28)11-31-18-4-1-12(5-14(18)8-30-31)6-20-21(33)32(22(34)35-20)19-10-29-9-17(19)25/h1-8,10,17,19H,9,11H2. The first-order valence-corrected chi connectivity index (χ1v) is 11.5. The van der Waals surface area contributed by atoms with E-state index in [2.05, 4.69) is 10.1 Å². The lowest BCUT2D eigenvalue weighted by Crippen LogP contribution is -2.44. The molecule has 3 heterocycles. The molecule has 35 heavy (non-hydrogen) atoms. The summed E-state index contributed by atoms with van der Waals surface area (Å²) in [5, 5.41) is 4.26. The third kappa shape index (κ3) is 4.45. The van der Waals surface area contributed by atoms with Gasteiger partial charge in [-0.1, -0.05) is 23.7 Å². The van der Waals surface area contributed by atoms with Crippen LogP contribution in [0.3, 0.4) is 0 Å². The molecule has 1 aromatic heterocycles. The number of rotatable bonds is 4. The second-order valence-electron chi connectivity index (χ2n) is 7.99. The summed E-state index contributed by atoms with van der Waals surface area (Å²) in [5.41, 5.74) is 0.359. The third-order valence-corrected chi connectivity index (χ3v) is 6.81. The minimum absolute atomic E-state index is 0.0114. The number of nitrogens with zero attached hydrogens (tertiary/aromatic N) is 4. The molecule has 0 radical (unpaired) electrons. The maximum absolute atomic E-state index is 14.0. The van der Waals surface area contributed by atoms with E-state index < -0.39 is 35.1 Å². The van der Waals surface area contributed by atoms with Crippen molar-refractivity contribution in [2.24, 2.45) is 4.99 Å². The number of aliphatic imine (C=N–C) groups is 1. The molecule has 5 rings (SSSR count). The number of thioether (sulfide) groups is 1. The van der Waals surface area contributed by atoms with Crippen LogP contribution in [0.1, 0.15) is 16.7 Å². The first-order valence-electron chi connectivity index (χ1n) is 10.3. The molecule has 3 aromatic rings. The highest BCUT2D eigenvalue weighted by Crippen LogP contribution is 2.36. The van der Waals surface area contributed by atoms with Crippen molar-refractivity contribution in [3.63, 3.8) is 0 Å². The quantitative estimate of drug-likeness (QED) is 0.331. The fraction of sp³-hybridized carbons (Fsp3) is 0.217. The lowest BCUT2D eigenvalue weighted by Gasteiger charge is -2.20.